The normalized spacial score (nSPS) is 11.0. The fraction of sp³-hybridized carbons (Fsp3) is 0.0909. The van der Waals surface area contributed by atoms with E-state index >= 15 is 0 Å². The molecular formula is C22H16O4S. The van der Waals surface area contributed by atoms with Gasteiger partial charge in [0.25, 0.3) is 0 Å². The second-order valence-electron chi connectivity index (χ2n) is 6.01. The summed E-state index contributed by atoms with van der Waals surface area (Å²) in [6, 6.07) is 22.6. The molecule has 0 N–H and O–H groups in total. The van der Waals surface area contributed by atoms with Gasteiger partial charge in [-0.25, -0.2) is 4.79 Å². The van der Waals surface area contributed by atoms with E-state index < -0.39 is 5.63 Å². The van der Waals surface area contributed by atoms with Gasteiger partial charge >= 0.3 is 11.6 Å². The molecule has 0 spiro atoms. The Labute approximate surface area is 159 Å². The third kappa shape index (κ3) is 3.88. The Morgan fingerprint density at radius 2 is 1.74 bits per heavy atom. The first-order valence-corrected chi connectivity index (χ1v) is 9.47. The molecule has 0 unspecified atom stereocenters. The summed E-state index contributed by atoms with van der Waals surface area (Å²) in [4.78, 5) is 25.0. The standard InChI is InChI=1S/C22H16O4S/c23-20-12-16(13-25-21(24)14-27-17-7-2-1-3-8-17)22-18-9-5-4-6-15(18)10-11-19(22)26-20/h1-12H,13-14H2. The number of hydrogen-bond acceptors (Lipinski definition) is 5. The predicted molar refractivity (Wildman–Crippen MR) is 107 cm³/mol. The predicted octanol–water partition coefficient (Wildman–Crippen LogP) is 4.78. The monoisotopic (exact) mass is 376 g/mol. The number of benzene rings is 3. The highest BCUT2D eigenvalue weighted by Gasteiger charge is 2.12. The van der Waals surface area contributed by atoms with Crippen LogP contribution in [-0.2, 0) is 16.1 Å². The lowest BCUT2D eigenvalue weighted by molar-refractivity contribution is -0.141. The van der Waals surface area contributed by atoms with Gasteiger partial charge in [0.05, 0.1) is 5.75 Å². The van der Waals surface area contributed by atoms with Gasteiger partial charge in [-0.15, -0.1) is 11.8 Å². The molecule has 3 aromatic carbocycles. The first kappa shape index (κ1) is 17.4. The van der Waals surface area contributed by atoms with Crippen molar-refractivity contribution < 1.29 is 13.9 Å². The fourth-order valence-corrected chi connectivity index (χ4v) is 3.71. The van der Waals surface area contributed by atoms with E-state index in [9.17, 15) is 9.59 Å². The summed E-state index contributed by atoms with van der Waals surface area (Å²) in [6.45, 7) is 0.0320. The van der Waals surface area contributed by atoms with E-state index in [0.29, 0.717) is 11.1 Å². The molecule has 0 saturated heterocycles. The molecule has 1 heterocycles. The second-order valence-corrected chi connectivity index (χ2v) is 7.06. The van der Waals surface area contributed by atoms with Crippen molar-refractivity contribution in [2.75, 3.05) is 5.75 Å². The lowest BCUT2D eigenvalue weighted by Crippen LogP contribution is -2.09. The van der Waals surface area contributed by atoms with E-state index in [1.807, 2.05) is 60.7 Å². The van der Waals surface area contributed by atoms with Gasteiger partial charge in [0.1, 0.15) is 12.2 Å². The summed E-state index contributed by atoms with van der Waals surface area (Å²) in [6.07, 6.45) is 0. The Balaban J connectivity index is 1.57. The average molecular weight is 376 g/mol. The van der Waals surface area contributed by atoms with Gasteiger partial charge in [-0.3, -0.25) is 4.79 Å². The molecule has 4 aromatic rings. The first-order valence-electron chi connectivity index (χ1n) is 8.49. The maximum Gasteiger partial charge on any atom is 0.336 e. The van der Waals surface area contributed by atoms with E-state index in [4.69, 9.17) is 9.15 Å². The van der Waals surface area contributed by atoms with Crippen LogP contribution < -0.4 is 5.63 Å². The largest absolute Gasteiger partial charge is 0.460 e. The molecule has 0 aliphatic heterocycles. The number of thioether (sulfide) groups is 1. The van der Waals surface area contributed by atoms with Crippen molar-refractivity contribution in [3.8, 4) is 0 Å². The minimum atomic E-state index is -0.456. The van der Waals surface area contributed by atoms with Gasteiger partial charge in [0, 0.05) is 21.9 Å². The van der Waals surface area contributed by atoms with E-state index in [1.165, 1.54) is 17.8 Å². The van der Waals surface area contributed by atoms with Crippen molar-refractivity contribution in [2.24, 2.45) is 0 Å². The maximum atomic E-state index is 12.1. The van der Waals surface area contributed by atoms with Crippen LogP contribution in [0.5, 0.6) is 0 Å². The van der Waals surface area contributed by atoms with Crippen molar-refractivity contribution in [3.05, 3.63) is 88.8 Å². The summed E-state index contributed by atoms with van der Waals surface area (Å²) < 4.78 is 10.7. The summed E-state index contributed by atoms with van der Waals surface area (Å²) in [5.41, 5.74) is 0.685. The molecule has 4 rings (SSSR count). The van der Waals surface area contributed by atoms with Gasteiger partial charge in [-0.05, 0) is 29.0 Å². The zero-order chi connectivity index (χ0) is 18.6. The molecule has 1 aromatic heterocycles. The average Bonchev–Trinajstić information content (AvgIpc) is 2.70. The van der Waals surface area contributed by atoms with Crippen LogP contribution in [0.1, 0.15) is 5.56 Å². The van der Waals surface area contributed by atoms with Crippen LogP contribution >= 0.6 is 11.8 Å². The number of fused-ring (bicyclic) bond motifs is 3. The molecule has 0 bridgehead atoms. The van der Waals surface area contributed by atoms with Crippen LogP contribution in [0.3, 0.4) is 0 Å². The van der Waals surface area contributed by atoms with E-state index in [1.54, 1.807) is 6.07 Å². The Bertz CT molecular complexity index is 1170. The van der Waals surface area contributed by atoms with Crippen LogP contribution in [0, 0.1) is 0 Å². The molecule has 0 atom stereocenters. The molecule has 0 aliphatic carbocycles. The van der Waals surface area contributed by atoms with Gasteiger partial charge in [0.15, 0.2) is 0 Å². The first-order chi connectivity index (χ1) is 13.2. The molecule has 27 heavy (non-hydrogen) atoms. The zero-order valence-corrected chi connectivity index (χ0v) is 15.2. The van der Waals surface area contributed by atoms with E-state index in [2.05, 4.69) is 0 Å². The van der Waals surface area contributed by atoms with Crippen molar-refractivity contribution in [1.82, 2.24) is 0 Å². The highest BCUT2D eigenvalue weighted by Crippen LogP contribution is 2.28. The maximum absolute atomic E-state index is 12.1. The number of carbonyl (C=O) groups excluding carboxylic acids is 1. The van der Waals surface area contributed by atoms with Crippen molar-refractivity contribution in [2.45, 2.75) is 11.5 Å². The molecule has 5 heteroatoms. The molecule has 0 fully saturated rings. The van der Waals surface area contributed by atoms with Gasteiger partial charge < -0.3 is 9.15 Å². The second kappa shape index (κ2) is 7.68. The molecule has 0 saturated carbocycles. The summed E-state index contributed by atoms with van der Waals surface area (Å²) in [5.74, 6) is -0.116. The summed E-state index contributed by atoms with van der Waals surface area (Å²) in [5, 5.41) is 2.80. The highest BCUT2D eigenvalue weighted by atomic mass is 32.2. The Morgan fingerprint density at radius 3 is 2.59 bits per heavy atom. The third-order valence-corrected chi connectivity index (χ3v) is 5.19. The van der Waals surface area contributed by atoms with Gasteiger partial charge in [-0.2, -0.15) is 0 Å². The number of esters is 1. The Kier molecular flexibility index (Phi) is 4.94. The van der Waals surface area contributed by atoms with E-state index in [-0.39, 0.29) is 18.3 Å². The topological polar surface area (TPSA) is 56.5 Å². The zero-order valence-electron chi connectivity index (χ0n) is 14.4. The van der Waals surface area contributed by atoms with Crippen LogP contribution in [0.15, 0.2) is 86.9 Å². The van der Waals surface area contributed by atoms with Gasteiger partial charge in [0.2, 0.25) is 0 Å². The summed E-state index contributed by atoms with van der Waals surface area (Å²) >= 11 is 1.42. The minimum Gasteiger partial charge on any atom is -0.460 e. The molecular weight excluding hydrogens is 360 g/mol. The van der Waals surface area contributed by atoms with E-state index in [0.717, 1.165) is 21.1 Å². The smallest absolute Gasteiger partial charge is 0.336 e. The Hall–Kier alpha value is -3.05. The van der Waals surface area contributed by atoms with Crippen molar-refractivity contribution >= 4 is 39.5 Å². The van der Waals surface area contributed by atoms with Crippen molar-refractivity contribution in [1.29, 1.82) is 0 Å². The lowest BCUT2D eigenvalue weighted by Gasteiger charge is -2.09. The molecule has 4 nitrogen and oxygen atoms in total. The number of rotatable bonds is 5. The van der Waals surface area contributed by atoms with Crippen LogP contribution in [0.4, 0.5) is 0 Å². The van der Waals surface area contributed by atoms with Crippen LogP contribution in [-0.4, -0.2) is 11.7 Å². The number of carbonyl (C=O) groups is 1. The highest BCUT2D eigenvalue weighted by molar-refractivity contribution is 8.00. The molecule has 134 valence electrons. The molecule has 0 aliphatic rings. The summed E-state index contributed by atoms with van der Waals surface area (Å²) in [7, 11) is 0. The quantitative estimate of drug-likeness (QED) is 0.217. The van der Waals surface area contributed by atoms with Crippen LogP contribution in [0.25, 0.3) is 21.7 Å². The molecule has 0 radical (unpaired) electrons. The third-order valence-electron chi connectivity index (χ3n) is 4.20. The fourth-order valence-electron chi connectivity index (χ4n) is 2.99. The van der Waals surface area contributed by atoms with Crippen molar-refractivity contribution in [3.63, 3.8) is 0 Å². The Morgan fingerprint density at radius 1 is 0.963 bits per heavy atom. The number of ether oxygens (including phenoxy) is 1. The number of hydrogen-bond donors (Lipinski definition) is 0. The van der Waals surface area contributed by atoms with Crippen LogP contribution in [0.2, 0.25) is 0 Å². The van der Waals surface area contributed by atoms with Gasteiger partial charge in [-0.1, -0.05) is 48.5 Å². The molecule has 0 amide bonds. The SMILES string of the molecule is O=C(CSc1ccccc1)OCc1cc(=O)oc2ccc3ccccc3c12. The minimum absolute atomic E-state index is 0.0320. The lowest BCUT2D eigenvalue weighted by atomic mass is 10.0.